The normalized spacial score (nSPS) is 12.5. The lowest BCUT2D eigenvalue weighted by Crippen LogP contribution is -2.39. The lowest BCUT2D eigenvalue weighted by molar-refractivity contribution is 0.439. The van der Waals surface area contributed by atoms with Crippen molar-refractivity contribution in [3.63, 3.8) is 0 Å². The third kappa shape index (κ3) is 6.00. The van der Waals surface area contributed by atoms with Crippen molar-refractivity contribution in [2.75, 3.05) is 20.1 Å². The number of hydrogen-bond donors (Lipinski definition) is 2. The largest absolute Gasteiger partial charge is 0.314 e. The molecule has 1 aromatic rings. The summed E-state index contributed by atoms with van der Waals surface area (Å²) in [6, 6.07) is 0.417. The first-order chi connectivity index (χ1) is 9.31. The second-order valence-electron chi connectivity index (χ2n) is 5.13. The maximum atomic E-state index is 12.0. The zero-order valence-corrected chi connectivity index (χ0v) is 13.4. The van der Waals surface area contributed by atoms with Crippen molar-refractivity contribution in [3.8, 4) is 0 Å². The van der Waals surface area contributed by atoms with Gasteiger partial charge in [-0.3, -0.25) is 4.68 Å². The van der Waals surface area contributed by atoms with Gasteiger partial charge in [0, 0.05) is 45.0 Å². The van der Waals surface area contributed by atoms with E-state index < -0.39 is 10.2 Å². The van der Waals surface area contributed by atoms with Gasteiger partial charge in [-0.15, -0.1) is 0 Å². The summed E-state index contributed by atoms with van der Waals surface area (Å²) in [5, 5.41) is 7.26. The third-order valence-corrected chi connectivity index (χ3v) is 4.34. The third-order valence-electron chi connectivity index (χ3n) is 2.83. The molecule has 0 atom stereocenters. The molecule has 0 saturated carbocycles. The van der Waals surface area contributed by atoms with E-state index in [0.29, 0.717) is 12.6 Å². The highest BCUT2D eigenvalue weighted by Crippen LogP contribution is 2.00. The van der Waals surface area contributed by atoms with Crippen molar-refractivity contribution < 1.29 is 8.42 Å². The van der Waals surface area contributed by atoms with Crippen LogP contribution in [0, 0.1) is 0 Å². The van der Waals surface area contributed by atoms with Crippen LogP contribution in [-0.4, -0.2) is 48.7 Å². The Morgan fingerprint density at radius 2 is 2.15 bits per heavy atom. The molecule has 0 amide bonds. The first-order valence-corrected chi connectivity index (χ1v) is 8.17. The monoisotopic (exact) mass is 303 g/mol. The standard InChI is InChI=1S/C12H25N5O2S/c1-11(2)13-6-5-7-17(4)20(18,19)15-9-12-8-14-16(3)10-12/h8,10-11,13,15H,5-7,9H2,1-4H3. The molecular weight excluding hydrogens is 278 g/mol. The minimum Gasteiger partial charge on any atom is -0.314 e. The van der Waals surface area contributed by atoms with E-state index in [-0.39, 0.29) is 6.54 Å². The number of aryl methyl sites for hydroxylation is 1. The number of hydrogen-bond acceptors (Lipinski definition) is 4. The van der Waals surface area contributed by atoms with Crippen molar-refractivity contribution >= 4 is 10.2 Å². The maximum Gasteiger partial charge on any atom is 0.279 e. The fourth-order valence-electron chi connectivity index (χ4n) is 1.66. The van der Waals surface area contributed by atoms with Crippen LogP contribution in [-0.2, 0) is 23.8 Å². The maximum absolute atomic E-state index is 12.0. The molecule has 0 aromatic carbocycles. The highest BCUT2D eigenvalue weighted by molar-refractivity contribution is 7.87. The van der Waals surface area contributed by atoms with Crippen LogP contribution in [0.15, 0.2) is 12.4 Å². The summed E-state index contributed by atoms with van der Waals surface area (Å²) < 4.78 is 29.6. The molecule has 20 heavy (non-hydrogen) atoms. The minimum atomic E-state index is -3.43. The van der Waals surface area contributed by atoms with Crippen LogP contribution in [0.4, 0.5) is 0 Å². The van der Waals surface area contributed by atoms with Gasteiger partial charge in [-0.25, -0.2) is 0 Å². The van der Waals surface area contributed by atoms with E-state index in [0.717, 1.165) is 18.5 Å². The summed E-state index contributed by atoms with van der Waals surface area (Å²) in [5.74, 6) is 0. The van der Waals surface area contributed by atoms with Gasteiger partial charge < -0.3 is 5.32 Å². The van der Waals surface area contributed by atoms with Crippen LogP contribution in [0.5, 0.6) is 0 Å². The van der Waals surface area contributed by atoms with Crippen molar-refractivity contribution in [2.24, 2.45) is 7.05 Å². The zero-order chi connectivity index (χ0) is 15.2. The fraction of sp³-hybridized carbons (Fsp3) is 0.750. The smallest absolute Gasteiger partial charge is 0.279 e. The van der Waals surface area contributed by atoms with Crippen LogP contribution < -0.4 is 10.0 Å². The molecule has 0 saturated heterocycles. The van der Waals surface area contributed by atoms with Crippen LogP contribution in [0.25, 0.3) is 0 Å². The molecule has 0 unspecified atom stereocenters. The summed E-state index contributed by atoms with van der Waals surface area (Å²) in [4.78, 5) is 0. The van der Waals surface area contributed by atoms with E-state index in [2.05, 4.69) is 29.0 Å². The molecule has 2 N–H and O–H groups in total. The Labute approximate surface area is 121 Å². The molecule has 7 nitrogen and oxygen atoms in total. The SMILES string of the molecule is CC(C)NCCCN(C)S(=O)(=O)NCc1cnn(C)c1. The van der Waals surface area contributed by atoms with E-state index in [9.17, 15) is 8.42 Å². The first-order valence-electron chi connectivity index (χ1n) is 6.73. The van der Waals surface area contributed by atoms with Crippen LogP contribution in [0.2, 0.25) is 0 Å². The quantitative estimate of drug-likeness (QED) is 0.633. The summed E-state index contributed by atoms with van der Waals surface area (Å²) in [6.45, 7) is 5.68. The number of aromatic nitrogens is 2. The number of rotatable bonds is 9. The summed E-state index contributed by atoms with van der Waals surface area (Å²) >= 11 is 0. The molecule has 1 aromatic heterocycles. The van der Waals surface area contributed by atoms with Crippen molar-refractivity contribution in [1.82, 2.24) is 24.1 Å². The molecule has 0 bridgehead atoms. The summed E-state index contributed by atoms with van der Waals surface area (Å²) in [6.07, 6.45) is 4.21. The Morgan fingerprint density at radius 1 is 1.45 bits per heavy atom. The average Bonchev–Trinajstić information content (AvgIpc) is 2.77. The van der Waals surface area contributed by atoms with Gasteiger partial charge in [0.2, 0.25) is 0 Å². The number of nitrogens with zero attached hydrogens (tertiary/aromatic N) is 3. The molecule has 116 valence electrons. The van der Waals surface area contributed by atoms with E-state index in [1.807, 2.05) is 0 Å². The molecule has 0 aliphatic heterocycles. The molecular formula is C12H25N5O2S. The molecule has 0 radical (unpaired) electrons. The fourth-order valence-corrected chi connectivity index (χ4v) is 2.60. The lowest BCUT2D eigenvalue weighted by Gasteiger charge is -2.18. The lowest BCUT2D eigenvalue weighted by atomic mass is 10.3. The first kappa shape index (κ1) is 17.1. The Hall–Kier alpha value is -0.960. The summed E-state index contributed by atoms with van der Waals surface area (Å²) in [7, 11) is -0.0497. The second kappa shape index (κ2) is 7.72. The molecule has 0 aliphatic rings. The molecule has 8 heteroatoms. The predicted molar refractivity (Wildman–Crippen MR) is 79.4 cm³/mol. The van der Waals surface area contributed by atoms with Crippen molar-refractivity contribution in [3.05, 3.63) is 18.0 Å². The highest BCUT2D eigenvalue weighted by Gasteiger charge is 2.16. The zero-order valence-electron chi connectivity index (χ0n) is 12.6. The average molecular weight is 303 g/mol. The van der Waals surface area contributed by atoms with Crippen LogP contribution >= 0.6 is 0 Å². The Morgan fingerprint density at radius 3 is 2.70 bits per heavy atom. The van der Waals surface area contributed by atoms with Crippen molar-refractivity contribution in [2.45, 2.75) is 32.9 Å². The predicted octanol–water partition coefficient (Wildman–Crippen LogP) is 0.0744. The van der Waals surface area contributed by atoms with E-state index in [4.69, 9.17) is 0 Å². The Balaban J connectivity index is 2.35. The topological polar surface area (TPSA) is 79.3 Å². The van der Waals surface area contributed by atoms with Gasteiger partial charge in [0.05, 0.1) is 6.20 Å². The minimum absolute atomic E-state index is 0.255. The molecule has 0 spiro atoms. The second-order valence-corrected chi connectivity index (χ2v) is 6.99. The van der Waals surface area contributed by atoms with E-state index in [1.54, 1.807) is 31.2 Å². The van der Waals surface area contributed by atoms with Crippen LogP contribution in [0.3, 0.4) is 0 Å². The van der Waals surface area contributed by atoms with Crippen LogP contribution in [0.1, 0.15) is 25.8 Å². The van der Waals surface area contributed by atoms with Gasteiger partial charge in [0.25, 0.3) is 10.2 Å². The molecule has 0 aliphatic carbocycles. The number of nitrogens with one attached hydrogen (secondary N) is 2. The van der Waals surface area contributed by atoms with Gasteiger partial charge >= 0.3 is 0 Å². The van der Waals surface area contributed by atoms with Gasteiger partial charge in [-0.1, -0.05) is 13.8 Å². The van der Waals surface area contributed by atoms with Gasteiger partial charge in [-0.2, -0.15) is 22.5 Å². The van der Waals surface area contributed by atoms with Gasteiger partial charge in [-0.05, 0) is 13.0 Å². The molecule has 1 heterocycles. The summed E-state index contributed by atoms with van der Waals surface area (Å²) in [5.41, 5.74) is 0.839. The highest BCUT2D eigenvalue weighted by atomic mass is 32.2. The Bertz CT molecular complexity index is 498. The van der Waals surface area contributed by atoms with E-state index >= 15 is 0 Å². The van der Waals surface area contributed by atoms with Crippen molar-refractivity contribution in [1.29, 1.82) is 0 Å². The Kier molecular flexibility index (Phi) is 6.60. The molecule has 1 rings (SSSR count). The van der Waals surface area contributed by atoms with Gasteiger partial charge in [0.15, 0.2) is 0 Å². The molecule has 0 fully saturated rings. The van der Waals surface area contributed by atoms with E-state index in [1.165, 1.54) is 4.31 Å². The van der Waals surface area contributed by atoms with Gasteiger partial charge in [0.1, 0.15) is 0 Å².